The second-order valence-electron chi connectivity index (χ2n) is 3.11. The van der Waals surface area contributed by atoms with E-state index in [-0.39, 0.29) is 12.1 Å². The maximum Gasteiger partial charge on any atom is 0.265 e. The maximum absolute atomic E-state index is 11.8. The van der Waals surface area contributed by atoms with Crippen LogP contribution in [0, 0.1) is 0 Å². The predicted octanol–water partition coefficient (Wildman–Crippen LogP) is 0.724. The molecule has 2 heterocycles. The van der Waals surface area contributed by atoms with Crippen molar-refractivity contribution in [2.24, 2.45) is 0 Å². The van der Waals surface area contributed by atoms with Crippen LogP contribution in [0.5, 0.6) is 0 Å². The Morgan fingerprint density at radius 1 is 1.79 bits per heavy atom. The lowest BCUT2D eigenvalue weighted by Gasteiger charge is -2.22. The average molecular weight is 212 g/mol. The molecule has 1 unspecified atom stereocenters. The Bertz CT molecular complexity index is 307. The zero-order valence-electron chi connectivity index (χ0n) is 7.90. The van der Waals surface area contributed by atoms with Crippen molar-refractivity contribution in [3.05, 3.63) is 22.4 Å². The van der Waals surface area contributed by atoms with Gasteiger partial charge in [-0.3, -0.25) is 10.1 Å². The molecule has 0 spiro atoms. The first kappa shape index (κ1) is 9.64. The molecule has 0 aliphatic carbocycles. The van der Waals surface area contributed by atoms with Crippen LogP contribution in [0.2, 0.25) is 0 Å². The van der Waals surface area contributed by atoms with E-state index in [4.69, 9.17) is 4.74 Å². The van der Waals surface area contributed by atoms with Gasteiger partial charge in [0.05, 0.1) is 11.6 Å². The molecule has 1 saturated heterocycles. The van der Waals surface area contributed by atoms with Crippen molar-refractivity contribution < 1.29 is 9.53 Å². The second-order valence-corrected chi connectivity index (χ2v) is 4.06. The van der Waals surface area contributed by atoms with E-state index in [0.717, 1.165) is 4.88 Å². The van der Waals surface area contributed by atoms with Gasteiger partial charge in [0, 0.05) is 13.6 Å². The summed E-state index contributed by atoms with van der Waals surface area (Å²) in [5, 5.41) is 4.94. The highest BCUT2D eigenvalue weighted by Gasteiger charge is 2.24. The van der Waals surface area contributed by atoms with Crippen LogP contribution >= 0.6 is 11.3 Å². The molecule has 1 aliphatic rings. The Kier molecular flexibility index (Phi) is 2.81. The van der Waals surface area contributed by atoms with Crippen LogP contribution < -0.4 is 5.32 Å². The van der Waals surface area contributed by atoms with Crippen LogP contribution in [0.1, 0.15) is 9.67 Å². The van der Waals surface area contributed by atoms with Gasteiger partial charge in [0.25, 0.3) is 5.91 Å². The minimum atomic E-state index is -0.135. The molecule has 1 aliphatic heterocycles. The zero-order chi connectivity index (χ0) is 9.97. The first-order chi connectivity index (χ1) is 6.79. The Labute approximate surface area is 86.5 Å². The largest absolute Gasteiger partial charge is 0.342 e. The number of carbonyl (C=O) groups excluding carboxylic acids is 1. The Balaban J connectivity index is 2.04. The van der Waals surface area contributed by atoms with Crippen molar-refractivity contribution in [1.82, 2.24) is 10.2 Å². The van der Waals surface area contributed by atoms with Crippen molar-refractivity contribution in [3.8, 4) is 0 Å². The summed E-state index contributed by atoms with van der Waals surface area (Å²) in [5.74, 6) is 0.0219. The van der Waals surface area contributed by atoms with E-state index >= 15 is 0 Å². The molecule has 1 atom stereocenters. The zero-order valence-corrected chi connectivity index (χ0v) is 8.71. The predicted molar refractivity (Wildman–Crippen MR) is 54.2 cm³/mol. The topological polar surface area (TPSA) is 41.6 Å². The molecule has 0 aromatic carbocycles. The minimum absolute atomic E-state index is 0.0219. The van der Waals surface area contributed by atoms with Crippen molar-refractivity contribution >= 4 is 17.2 Å². The summed E-state index contributed by atoms with van der Waals surface area (Å²) in [5.41, 5.74) is 0. The number of rotatable bonds is 2. The van der Waals surface area contributed by atoms with E-state index in [0.29, 0.717) is 13.3 Å². The summed E-state index contributed by atoms with van der Waals surface area (Å²) >= 11 is 1.45. The summed E-state index contributed by atoms with van der Waals surface area (Å²) in [6.07, 6.45) is -0.135. The minimum Gasteiger partial charge on any atom is -0.342 e. The van der Waals surface area contributed by atoms with E-state index in [1.165, 1.54) is 11.3 Å². The quantitative estimate of drug-likeness (QED) is 0.785. The molecule has 4 nitrogen and oxygen atoms in total. The molecule has 1 fully saturated rings. The van der Waals surface area contributed by atoms with Gasteiger partial charge >= 0.3 is 0 Å². The van der Waals surface area contributed by atoms with Crippen molar-refractivity contribution in [2.75, 3.05) is 20.3 Å². The van der Waals surface area contributed by atoms with Crippen LogP contribution in [0.4, 0.5) is 0 Å². The SMILES string of the molecule is CN(C(=O)c1cccs1)C1CNCO1. The number of hydrogen-bond acceptors (Lipinski definition) is 4. The number of hydrogen-bond donors (Lipinski definition) is 1. The molecule has 76 valence electrons. The standard InChI is InChI=1S/C9H12N2O2S/c1-11(8-5-10-6-13-8)9(12)7-3-2-4-14-7/h2-4,8,10H,5-6H2,1H3. The third kappa shape index (κ3) is 1.79. The highest BCUT2D eigenvalue weighted by atomic mass is 32.1. The van der Waals surface area contributed by atoms with Crippen LogP contribution in [-0.2, 0) is 4.74 Å². The highest BCUT2D eigenvalue weighted by Crippen LogP contribution is 2.14. The molecule has 1 amide bonds. The maximum atomic E-state index is 11.8. The molecule has 14 heavy (non-hydrogen) atoms. The molecule has 0 bridgehead atoms. The molecule has 1 aromatic rings. The first-order valence-electron chi connectivity index (χ1n) is 4.42. The van der Waals surface area contributed by atoms with Gasteiger partial charge in [-0.25, -0.2) is 0 Å². The highest BCUT2D eigenvalue weighted by molar-refractivity contribution is 7.12. The van der Waals surface area contributed by atoms with Crippen LogP contribution in [-0.4, -0.2) is 37.4 Å². The number of nitrogens with zero attached hydrogens (tertiary/aromatic N) is 1. The van der Waals surface area contributed by atoms with Crippen LogP contribution in [0.3, 0.4) is 0 Å². The van der Waals surface area contributed by atoms with Gasteiger partial charge in [-0.05, 0) is 11.4 Å². The summed E-state index contributed by atoms with van der Waals surface area (Å²) in [4.78, 5) is 14.2. The summed E-state index contributed by atoms with van der Waals surface area (Å²) in [7, 11) is 1.76. The lowest BCUT2D eigenvalue weighted by Crippen LogP contribution is -2.38. The third-order valence-electron chi connectivity index (χ3n) is 2.18. The average Bonchev–Trinajstić information content (AvgIpc) is 2.87. The smallest absolute Gasteiger partial charge is 0.265 e. The van der Waals surface area contributed by atoms with Crippen molar-refractivity contribution in [3.63, 3.8) is 0 Å². The molecular weight excluding hydrogens is 200 g/mol. The van der Waals surface area contributed by atoms with Crippen LogP contribution in [0.15, 0.2) is 17.5 Å². The van der Waals surface area contributed by atoms with Gasteiger partial charge in [0.15, 0.2) is 0 Å². The Morgan fingerprint density at radius 3 is 3.21 bits per heavy atom. The second kappa shape index (κ2) is 4.08. The fourth-order valence-corrected chi connectivity index (χ4v) is 2.06. The normalized spacial score (nSPS) is 21.1. The first-order valence-corrected chi connectivity index (χ1v) is 5.30. The lowest BCUT2D eigenvalue weighted by molar-refractivity contribution is 0.00553. The molecular formula is C9H12N2O2S. The number of ether oxygens (including phenoxy) is 1. The number of thiophene rings is 1. The third-order valence-corrected chi connectivity index (χ3v) is 3.04. The van der Waals surface area contributed by atoms with Gasteiger partial charge in [-0.1, -0.05) is 6.07 Å². The Hall–Kier alpha value is -0.910. The van der Waals surface area contributed by atoms with E-state index in [2.05, 4.69) is 5.32 Å². The van der Waals surface area contributed by atoms with E-state index in [9.17, 15) is 4.79 Å². The number of likely N-dealkylation sites (N-methyl/N-ethyl adjacent to an activating group) is 1. The lowest BCUT2D eigenvalue weighted by atomic mass is 10.4. The van der Waals surface area contributed by atoms with Gasteiger partial charge in [-0.15, -0.1) is 11.3 Å². The molecule has 2 rings (SSSR count). The van der Waals surface area contributed by atoms with Crippen molar-refractivity contribution in [1.29, 1.82) is 0 Å². The van der Waals surface area contributed by atoms with E-state index in [1.807, 2.05) is 17.5 Å². The summed E-state index contributed by atoms with van der Waals surface area (Å²) < 4.78 is 5.33. The molecule has 0 saturated carbocycles. The number of carbonyl (C=O) groups is 1. The van der Waals surface area contributed by atoms with Crippen molar-refractivity contribution in [2.45, 2.75) is 6.23 Å². The number of amides is 1. The van der Waals surface area contributed by atoms with Gasteiger partial charge in [-0.2, -0.15) is 0 Å². The Morgan fingerprint density at radius 2 is 2.64 bits per heavy atom. The molecule has 1 N–H and O–H groups in total. The molecule has 1 aromatic heterocycles. The monoisotopic (exact) mass is 212 g/mol. The van der Waals surface area contributed by atoms with Gasteiger partial charge in [0.2, 0.25) is 0 Å². The van der Waals surface area contributed by atoms with Gasteiger partial charge < -0.3 is 9.64 Å². The number of nitrogens with one attached hydrogen (secondary N) is 1. The fraction of sp³-hybridized carbons (Fsp3) is 0.444. The van der Waals surface area contributed by atoms with E-state index in [1.54, 1.807) is 11.9 Å². The fourth-order valence-electron chi connectivity index (χ4n) is 1.35. The molecule has 0 radical (unpaired) electrons. The van der Waals surface area contributed by atoms with E-state index < -0.39 is 0 Å². The summed E-state index contributed by atoms with van der Waals surface area (Å²) in [6.45, 7) is 1.22. The van der Waals surface area contributed by atoms with Gasteiger partial charge in [0.1, 0.15) is 6.23 Å². The van der Waals surface area contributed by atoms with Crippen LogP contribution in [0.25, 0.3) is 0 Å². The molecule has 5 heteroatoms. The summed E-state index contributed by atoms with van der Waals surface area (Å²) in [6, 6.07) is 3.70.